The number of hydrogen-bond donors (Lipinski definition) is 5. The standard InChI is InChI=1S/C17H26N4O6/c1-9-8-21(16(26)20-15(9)25)14-3-11(23)12(27-14)7-18-13(24)5-17(2)4-10(22)6-19-17/h8,10-12,14,19,22-23H,3-7H2,1-2H3,(H,18,24)(H,20,25,26)/t10-,11+,12-,14-,17+/m1/s1. The summed E-state index contributed by atoms with van der Waals surface area (Å²) < 4.78 is 6.96. The third kappa shape index (κ3) is 4.46. The lowest BCUT2D eigenvalue weighted by Crippen LogP contribution is -2.44. The second-order valence-corrected chi connectivity index (χ2v) is 7.69. The van der Waals surface area contributed by atoms with E-state index in [0.717, 1.165) is 0 Å². The quantitative estimate of drug-likeness (QED) is 0.400. The van der Waals surface area contributed by atoms with Crippen molar-refractivity contribution >= 4 is 5.91 Å². The number of carbonyl (C=O) groups excluding carboxylic acids is 1. The van der Waals surface area contributed by atoms with Gasteiger partial charge in [0.15, 0.2) is 0 Å². The first kappa shape index (κ1) is 19.7. The van der Waals surface area contributed by atoms with Gasteiger partial charge in [-0.25, -0.2) is 4.79 Å². The zero-order chi connectivity index (χ0) is 19.8. The summed E-state index contributed by atoms with van der Waals surface area (Å²) in [4.78, 5) is 37.8. The summed E-state index contributed by atoms with van der Waals surface area (Å²) in [6, 6.07) is 0. The molecular formula is C17H26N4O6. The number of carbonyl (C=O) groups is 1. The van der Waals surface area contributed by atoms with Crippen molar-refractivity contribution in [3.05, 3.63) is 32.6 Å². The van der Waals surface area contributed by atoms with E-state index in [0.29, 0.717) is 18.5 Å². The number of β-amino-alcohol motifs (C(OH)–C–C–N with tert-alkyl or cyclic N) is 1. The molecular weight excluding hydrogens is 356 g/mol. The zero-order valence-electron chi connectivity index (χ0n) is 15.4. The number of aromatic nitrogens is 2. The molecule has 0 aliphatic carbocycles. The fourth-order valence-electron chi connectivity index (χ4n) is 3.66. The Kier molecular flexibility index (Phi) is 5.52. The van der Waals surface area contributed by atoms with Crippen LogP contribution in [0.4, 0.5) is 0 Å². The molecule has 150 valence electrons. The number of aliphatic hydroxyl groups is 2. The van der Waals surface area contributed by atoms with Gasteiger partial charge < -0.3 is 25.6 Å². The Morgan fingerprint density at radius 1 is 1.44 bits per heavy atom. The van der Waals surface area contributed by atoms with Crippen LogP contribution in [0.1, 0.15) is 38.0 Å². The van der Waals surface area contributed by atoms with E-state index < -0.39 is 41.3 Å². The van der Waals surface area contributed by atoms with Crippen LogP contribution in [0.2, 0.25) is 0 Å². The number of aliphatic hydroxyl groups excluding tert-OH is 2. The largest absolute Gasteiger partial charge is 0.392 e. The third-order valence-corrected chi connectivity index (χ3v) is 5.16. The molecule has 10 nitrogen and oxygen atoms in total. The number of nitrogens with zero attached hydrogens (tertiary/aromatic N) is 1. The molecule has 3 rings (SSSR count). The van der Waals surface area contributed by atoms with E-state index in [1.54, 1.807) is 6.92 Å². The fraction of sp³-hybridized carbons (Fsp3) is 0.706. The lowest BCUT2D eigenvalue weighted by molar-refractivity contribution is -0.123. The number of H-pyrrole nitrogens is 1. The number of aryl methyl sites for hydroxylation is 1. The number of rotatable bonds is 5. The summed E-state index contributed by atoms with van der Waals surface area (Å²) in [7, 11) is 0. The maximum absolute atomic E-state index is 12.2. The number of nitrogens with one attached hydrogen (secondary N) is 3. The highest BCUT2D eigenvalue weighted by molar-refractivity contribution is 5.77. The SMILES string of the molecule is Cc1cn([C@H]2C[C@H](O)[C@@H](CNC(=O)C[C@]3(C)C[C@@H](O)CN3)O2)c(=O)[nH]c1=O. The van der Waals surface area contributed by atoms with E-state index in [4.69, 9.17) is 4.74 Å². The highest BCUT2D eigenvalue weighted by Crippen LogP contribution is 2.27. The number of ether oxygens (including phenoxy) is 1. The molecule has 1 aromatic rings. The average Bonchev–Trinajstić information content (AvgIpc) is 3.11. The maximum Gasteiger partial charge on any atom is 0.330 e. The number of hydrogen-bond acceptors (Lipinski definition) is 7. The van der Waals surface area contributed by atoms with E-state index >= 15 is 0 Å². The van der Waals surface area contributed by atoms with Gasteiger partial charge in [-0.15, -0.1) is 0 Å². The lowest BCUT2D eigenvalue weighted by Gasteiger charge is -2.24. The van der Waals surface area contributed by atoms with Crippen LogP contribution in [0.15, 0.2) is 15.8 Å². The molecule has 0 aromatic carbocycles. The number of aromatic amines is 1. The van der Waals surface area contributed by atoms with Crippen LogP contribution < -0.4 is 21.9 Å². The van der Waals surface area contributed by atoms with Crippen molar-refractivity contribution in [3.63, 3.8) is 0 Å². The molecule has 0 saturated carbocycles. The molecule has 0 unspecified atom stereocenters. The smallest absolute Gasteiger partial charge is 0.330 e. The fourth-order valence-corrected chi connectivity index (χ4v) is 3.66. The molecule has 27 heavy (non-hydrogen) atoms. The molecule has 5 atom stereocenters. The van der Waals surface area contributed by atoms with Crippen LogP contribution in [0.25, 0.3) is 0 Å². The first-order chi connectivity index (χ1) is 12.7. The third-order valence-electron chi connectivity index (χ3n) is 5.16. The number of amides is 1. The molecule has 5 N–H and O–H groups in total. The Hall–Kier alpha value is -2.01. The van der Waals surface area contributed by atoms with Crippen LogP contribution in [0, 0.1) is 6.92 Å². The second kappa shape index (κ2) is 7.55. The van der Waals surface area contributed by atoms with Crippen LogP contribution in [0.5, 0.6) is 0 Å². The molecule has 1 amide bonds. The van der Waals surface area contributed by atoms with Gasteiger partial charge in [0.05, 0.1) is 12.2 Å². The Bertz CT molecular complexity index is 820. The Morgan fingerprint density at radius 2 is 2.19 bits per heavy atom. The van der Waals surface area contributed by atoms with Gasteiger partial charge >= 0.3 is 5.69 Å². The summed E-state index contributed by atoms with van der Waals surface area (Å²) in [5.74, 6) is -0.213. The molecule has 1 aromatic heterocycles. The van der Waals surface area contributed by atoms with Crippen molar-refractivity contribution in [3.8, 4) is 0 Å². The van der Waals surface area contributed by atoms with E-state index in [1.165, 1.54) is 10.8 Å². The van der Waals surface area contributed by atoms with E-state index in [-0.39, 0.29) is 25.3 Å². The van der Waals surface area contributed by atoms with Gasteiger partial charge in [-0.05, 0) is 20.3 Å². The molecule has 10 heteroatoms. The second-order valence-electron chi connectivity index (χ2n) is 7.69. The minimum absolute atomic E-state index is 0.103. The first-order valence-corrected chi connectivity index (χ1v) is 9.02. The van der Waals surface area contributed by atoms with Crippen LogP contribution >= 0.6 is 0 Å². The Morgan fingerprint density at radius 3 is 2.85 bits per heavy atom. The zero-order valence-corrected chi connectivity index (χ0v) is 15.4. The van der Waals surface area contributed by atoms with Crippen molar-refractivity contribution in [1.29, 1.82) is 0 Å². The minimum Gasteiger partial charge on any atom is -0.392 e. The normalized spacial score (nSPS) is 33.3. The van der Waals surface area contributed by atoms with Crippen molar-refractivity contribution in [2.24, 2.45) is 0 Å². The summed E-state index contributed by atoms with van der Waals surface area (Å²) in [5, 5.41) is 25.7. The van der Waals surface area contributed by atoms with E-state index in [9.17, 15) is 24.6 Å². The summed E-state index contributed by atoms with van der Waals surface area (Å²) in [6.07, 6.45) is -0.398. The lowest BCUT2D eigenvalue weighted by atomic mass is 9.95. The van der Waals surface area contributed by atoms with Crippen molar-refractivity contribution in [1.82, 2.24) is 20.2 Å². The predicted molar refractivity (Wildman–Crippen MR) is 95.3 cm³/mol. The highest BCUT2D eigenvalue weighted by Gasteiger charge is 2.38. The van der Waals surface area contributed by atoms with Crippen LogP contribution in [-0.4, -0.2) is 62.6 Å². The van der Waals surface area contributed by atoms with Crippen LogP contribution in [-0.2, 0) is 9.53 Å². The molecule has 2 fully saturated rings. The Balaban J connectivity index is 1.56. The first-order valence-electron chi connectivity index (χ1n) is 9.02. The molecule has 0 radical (unpaired) electrons. The Labute approximate surface area is 155 Å². The molecule has 2 aliphatic heterocycles. The van der Waals surface area contributed by atoms with Gasteiger partial charge in [-0.3, -0.25) is 19.1 Å². The van der Waals surface area contributed by atoms with Crippen molar-refractivity contribution in [2.45, 2.75) is 63.2 Å². The molecule has 0 spiro atoms. The van der Waals surface area contributed by atoms with Gasteiger partial charge in [-0.2, -0.15) is 0 Å². The molecule has 2 aliphatic rings. The van der Waals surface area contributed by atoms with Gasteiger partial charge in [0.1, 0.15) is 12.3 Å². The van der Waals surface area contributed by atoms with Gasteiger partial charge in [0.2, 0.25) is 5.91 Å². The topological polar surface area (TPSA) is 146 Å². The predicted octanol–water partition coefficient (Wildman–Crippen LogP) is -1.89. The summed E-state index contributed by atoms with van der Waals surface area (Å²) in [5.41, 5.74) is -1.16. The van der Waals surface area contributed by atoms with E-state index in [1.807, 2.05) is 6.92 Å². The van der Waals surface area contributed by atoms with Crippen molar-refractivity contribution < 1.29 is 19.7 Å². The minimum atomic E-state index is -0.851. The van der Waals surface area contributed by atoms with E-state index in [2.05, 4.69) is 15.6 Å². The summed E-state index contributed by atoms with van der Waals surface area (Å²) in [6.45, 7) is 4.02. The van der Waals surface area contributed by atoms with Gasteiger partial charge in [-0.1, -0.05) is 0 Å². The molecule has 2 saturated heterocycles. The summed E-state index contributed by atoms with van der Waals surface area (Å²) >= 11 is 0. The highest BCUT2D eigenvalue weighted by atomic mass is 16.5. The maximum atomic E-state index is 12.2. The average molecular weight is 382 g/mol. The van der Waals surface area contributed by atoms with Crippen molar-refractivity contribution in [2.75, 3.05) is 13.1 Å². The van der Waals surface area contributed by atoms with Gasteiger partial charge in [0, 0.05) is 43.2 Å². The monoisotopic (exact) mass is 382 g/mol. The van der Waals surface area contributed by atoms with Crippen LogP contribution in [0.3, 0.4) is 0 Å². The molecule has 3 heterocycles. The molecule has 0 bridgehead atoms. The van der Waals surface area contributed by atoms with Gasteiger partial charge in [0.25, 0.3) is 5.56 Å².